The first kappa shape index (κ1) is 17.2. The number of rotatable bonds is 3. The van der Waals surface area contributed by atoms with Crippen LogP contribution >= 0.6 is 0 Å². The van der Waals surface area contributed by atoms with Crippen LogP contribution in [0, 0.1) is 5.82 Å². The highest BCUT2D eigenvalue weighted by Gasteiger charge is 2.54. The molecular weight excluding hydrogens is 349 g/mol. The van der Waals surface area contributed by atoms with E-state index < -0.39 is 35.7 Å². The number of hydrogen-bond donors (Lipinski definition) is 2. The summed E-state index contributed by atoms with van der Waals surface area (Å²) >= 11 is 0. The molecule has 0 saturated carbocycles. The predicted octanol–water partition coefficient (Wildman–Crippen LogP) is 2.55. The van der Waals surface area contributed by atoms with E-state index >= 15 is 0 Å². The van der Waals surface area contributed by atoms with Crippen LogP contribution in [0.1, 0.15) is 24.0 Å². The van der Waals surface area contributed by atoms with E-state index in [1.165, 1.54) is 24.3 Å². The maximum absolute atomic E-state index is 13.2. The van der Waals surface area contributed by atoms with E-state index in [0.29, 0.717) is 6.42 Å². The summed E-state index contributed by atoms with van der Waals surface area (Å²) in [5.74, 6) is -1.47. The first-order chi connectivity index (χ1) is 13.0. The van der Waals surface area contributed by atoms with Crippen LogP contribution in [0.5, 0.6) is 0 Å². The number of aryl methyl sites for hydroxylation is 1. The van der Waals surface area contributed by atoms with Crippen LogP contribution in [0.15, 0.2) is 48.5 Å². The Morgan fingerprint density at radius 3 is 2.81 bits per heavy atom. The molecule has 1 saturated heterocycles. The Kier molecular flexibility index (Phi) is 4.14. The molecule has 1 aliphatic carbocycles. The Bertz CT molecular complexity index is 946. The number of anilines is 1. The van der Waals surface area contributed by atoms with Gasteiger partial charge in [0.1, 0.15) is 17.9 Å². The lowest BCUT2D eigenvalue weighted by molar-refractivity contribution is -0.134. The van der Waals surface area contributed by atoms with E-state index in [1.807, 2.05) is 24.3 Å². The molecule has 0 aromatic heterocycles. The maximum atomic E-state index is 13.2. The van der Waals surface area contributed by atoms with Gasteiger partial charge in [-0.3, -0.25) is 14.5 Å². The number of carbonyl (C=O) groups is 3. The SMILES string of the molecule is O=C(CN1C(=O)N[C@]2(CCCc3ccccc32)C1=O)Nc1cccc(F)c1. The summed E-state index contributed by atoms with van der Waals surface area (Å²) in [4.78, 5) is 38.8. The first-order valence-corrected chi connectivity index (χ1v) is 8.77. The lowest BCUT2D eigenvalue weighted by Crippen LogP contribution is -2.47. The third-order valence-corrected chi connectivity index (χ3v) is 5.06. The molecule has 1 aliphatic heterocycles. The van der Waals surface area contributed by atoms with Gasteiger partial charge in [0.05, 0.1) is 0 Å². The van der Waals surface area contributed by atoms with Crippen molar-refractivity contribution in [3.63, 3.8) is 0 Å². The molecule has 4 rings (SSSR count). The highest BCUT2D eigenvalue weighted by Crippen LogP contribution is 2.39. The van der Waals surface area contributed by atoms with Gasteiger partial charge in [-0.15, -0.1) is 0 Å². The van der Waals surface area contributed by atoms with Gasteiger partial charge in [-0.1, -0.05) is 30.3 Å². The fourth-order valence-electron chi connectivity index (χ4n) is 3.87. The van der Waals surface area contributed by atoms with Crippen molar-refractivity contribution in [1.82, 2.24) is 10.2 Å². The van der Waals surface area contributed by atoms with Crippen LogP contribution in [0.3, 0.4) is 0 Å². The lowest BCUT2D eigenvalue weighted by Gasteiger charge is -2.33. The number of imide groups is 1. The fourth-order valence-corrected chi connectivity index (χ4v) is 3.87. The van der Waals surface area contributed by atoms with Crippen molar-refractivity contribution >= 4 is 23.5 Å². The quantitative estimate of drug-likeness (QED) is 0.819. The zero-order valence-corrected chi connectivity index (χ0v) is 14.5. The van der Waals surface area contributed by atoms with Crippen molar-refractivity contribution in [2.75, 3.05) is 11.9 Å². The Hall–Kier alpha value is -3.22. The second-order valence-corrected chi connectivity index (χ2v) is 6.80. The normalized spacial score (nSPS) is 21.1. The summed E-state index contributed by atoms with van der Waals surface area (Å²) in [5.41, 5.74) is 0.987. The Balaban J connectivity index is 1.55. The van der Waals surface area contributed by atoms with E-state index in [1.54, 1.807) is 0 Å². The smallest absolute Gasteiger partial charge is 0.324 e. The van der Waals surface area contributed by atoms with Gasteiger partial charge < -0.3 is 10.6 Å². The molecule has 0 radical (unpaired) electrons. The van der Waals surface area contributed by atoms with Gasteiger partial charge in [-0.25, -0.2) is 9.18 Å². The zero-order chi connectivity index (χ0) is 19.0. The van der Waals surface area contributed by atoms with Crippen molar-refractivity contribution in [2.24, 2.45) is 0 Å². The van der Waals surface area contributed by atoms with Gasteiger partial charge in [0, 0.05) is 5.69 Å². The van der Waals surface area contributed by atoms with Gasteiger partial charge in [0.2, 0.25) is 5.91 Å². The van der Waals surface area contributed by atoms with Gasteiger partial charge in [0.15, 0.2) is 0 Å². The van der Waals surface area contributed by atoms with E-state index in [-0.39, 0.29) is 5.69 Å². The Labute approximate surface area is 155 Å². The first-order valence-electron chi connectivity index (χ1n) is 8.77. The molecular formula is C20H18FN3O3. The van der Waals surface area contributed by atoms with Crippen LogP contribution in [0.4, 0.5) is 14.9 Å². The van der Waals surface area contributed by atoms with Crippen LogP contribution in [-0.4, -0.2) is 29.3 Å². The molecule has 4 amide bonds. The number of amides is 4. The number of hydrogen-bond acceptors (Lipinski definition) is 3. The molecule has 2 aromatic rings. The second-order valence-electron chi connectivity index (χ2n) is 6.80. The third kappa shape index (κ3) is 2.95. The van der Waals surface area contributed by atoms with Crippen LogP contribution in [0.25, 0.3) is 0 Å². The molecule has 1 atom stereocenters. The molecule has 0 bridgehead atoms. The van der Waals surface area contributed by atoms with Crippen molar-refractivity contribution in [1.29, 1.82) is 0 Å². The minimum Gasteiger partial charge on any atom is -0.324 e. The van der Waals surface area contributed by atoms with Crippen molar-refractivity contribution in [3.05, 3.63) is 65.5 Å². The zero-order valence-electron chi connectivity index (χ0n) is 14.5. The summed E-state index contributed by atoms with van der Waals surface area (Å²) in [7, 11) is 0. The number of nitrogens with one attached hydrogen (secondary N) is 2. The maximum Gasteiger partial charge on any atom is 0.325 e. The van der Waals surface area contributed by atoms with Gasteiger partial charge in [-0.05, 0) is 48.6 Å². The number of urea groups is 1. The monoisotopic (exact) mass is 367 g/mol. The molecule has 7 heteroatoms. The Morgan fingerprint density at radius 1 is 1.19 bits per heavy atom. The van der Waals surface area contributed by atoms with Crippen LogP contribution < -0.4 is 10.6 Å². The molecule has 2 N–H and O–H groups in total. The fraction of sp³-hybridized carbons (Fsp3) is 0.250. The molecule has 1 heterocycles. The third-order valence-electron chi connectivity index (χ3n) is 5.06. The molecule has 0 unspecified atom stereocenters. The summed E-state index contributed by atoms with van der Waals surface area (Å²) in [6.45, 7) is -0.425. The highest BCUT2D eigenvalue weighted by atomic mass is 19.1. The average molecular weight is 367 g/mol. The van der Waals surface area contributed by atoms with Crippen LogP contribution in [-0.2, 0) is 21.5 Å². The van der Waals surface area contributed by atoms with Crippen molar-refractivity contribution in [2.45, 2.75) is 24.8 Å². The number of nitrogens with zero attached hydrogens (tertiary/aromatic N) is 1. The number of benzene rings is 2. The molecule has 1 fully saturated rings. The van der Waals surface area contributed by atoms with Gasteiger partial charge in [-0.2, -0.15) is 0 Å². The van der Waals surface area contributed by atoms with Gasteiger partial charge >= 0.3 is 6.03 Å². The minimum absolute atomic E-state index is 0.268. The molecule has 6 nitrogen and oxygen atoms in total. The molecule has 1 spiro atoms. The second kappa shape index (κ2) is 6.50. The summed E-state index contributed by atoms with van der Waals surface area (Å²) in [6, 6.07) is 12.4. The summed E-state index contributed by atoms with van der Waals surface area (Å²) in [5, 5.41) is 5.31. The topological polar surface area (TPSA) is 78.5 Å². The van der Waals surface area contributed by atoms with E-state index in [9.17, 15) is 18.8 Å². The predicted molar refractivity (Wildman–Crippen MR) is 96.3 cm³/mol. The highest BCUT2D eigenvalue weighted by molar-refractivity contribution is 6.10. The van der Waals surface area contributed by atoms with Crippen LogP contribution in [0.2, 0.25) is 0 Å². The van der Waals surface area contributed by atoms with E-state index in [2.05, 4.69) is 10.6 Å². The molecule has 138 valence electrons. The van der Waals surface area contributed by atoms with Crippen molar-refractivity contribution in [3.8, 4) is 0 Å². The number of carbonyl (C=O) groups excluding carboxylic acids is 3. The largest absolute Gasteiger partial charge is 0.325 e. The van der Waals surface area contributed by atoms with E-state index in [0.717, 1.165) is 28.9 Å². The van der Waals surface area contributed by atoms with Crippen molar-refractivity contribution < 1.29 is 18.8 Å². The summed E-state index contributed by atoms with van der Waals surface area (Å²) < 4.78 is 13.2. The molecule has 2 aliphatic rings. The van der Waals surface area contributed by atoms with Gasteiger partial charge in [0.25, 0.3) is 5.91 Å². The average Bonchev–Trinajstić information content (AvgIpc) is 2.87. The molecule has 2 aromatic carbocycles. The summed E-state index contributed by atoms with van der Waals surface area (Å²) in [6.07, 6.45) is 2.12. The standard InChI is InChI=1S/C20H18FN3O3/c21-14-7-3-8-15(11-14)22-17(25)12-24-18(26)20(23-19(24)27)10-4-6-13-5-1-2-9-16(13)20/h1-3,5,7-9,11H,4,6,10,12H2,(H,22,25)(H,23,27)/t20-/m0/s1. The molecule has 27 heavy (non-hydrogen) atoms. The number of halogens is 1. The minimum atomic E-state index is -1.11. The Morgan fingerprint density at radius 2 is 2.00 bits per heavy atom. The van der Waals surface area contributed by atoms with E-state index in [4.69, 9.17) is 0 Å². The number of fused-ring (bicyclic) bond motifs is 2. The lowest BCUT2D eigenvalue weighted by atomic mass is 9.76.